The van der Waals surface area contributed by atoms with Gasteiger partial charge in [0.05, 0.1) is 16.9 Å². The van der Waals surface area contributed by atoms with Crippen molar-refractivity contribution in [1.29, 1.82) is 0 Å². The van der Waals surface area contributed by atoms with E-state index in [0.717, 1.165) is 18.8 Å². The van der Waals surface area contributed by atoms with E-state index in [2.05, 4.69) is 15.4 Å². The normalized spacial score (nSPS) is 10.8. The van der Waals surface area contributed by atoms with E-state index in [4.69, 9.17) is 0 Å². The quantitative estimate of drug-likeness (QED) is 0.852. The lowest BCUT2D eigenvalue weighted by Crippen LogP contribution is -2.15. The van der Waals surface area contributed by atoms with Crippen molar-refractivity contribution in [3.63, 3.8) is 0 Å². The Balaban J connectivity index is 1.86. The van der Waals surface area contributed by atoms with Crippen molar-refractivity contribution in [2.24, 2.45) is 7.05 Å². The highest BCUT2D eigenvalue weighted by Crippen LogP contribution is 2.11. The molecule has 0 saturated carbocycles. The smallest absolute Gasteiger partial charge is 0.0798 e. The largest absolute Gasteiger partial charge is 0.306 e. The highest BCUT2D eigenvalue weighted by atomic mass is 32.1. The van der Waals surface area contributed by atoms with Crippen LogP contribution in [0.15, 0.2) is 17.8 Å². The second kappa shape index (κ2) is 4.55. The number of nitrogens with zero attached hydrogens (tertiary/aromatic N) is 3. The van der Waals surface area contributed by atoms with E-state index in [0.29, 0.717) is 0 Å². The van der Waals surface area contributed by atoms with Crippen molar-refractivity contribution in [1.82, 2.24) is 20.1 Å². The van der Waals surface area contributed by atoms with Gasteiger partial charge in [0.25, 0.3) is 0 Å². The third kappa shape index (κ3) is 2.43. The van der Waals surface area contributed by atoms with E-state index in [-0.39, 0.29) is 0 Å². The maximum Gasteiger partial charge on any atom is 0.0798 e. The zero-order valence-electron chi connectivity index (χ0n) is 8.90. The van der Waals surface area contributed by atoms with E-state index >= 15 is 0 Å². The van der Waals surface area contributed by atoms with Crippen LogP contribution in [0.5, 0.6) is 0 Å². The zero-order valence-corrected chi connectivity index (χ0v) is 9.71. The van der Waals surface area contributed by atoms with Gasteiger partial charge in [0.2, 0.25) is 0 Å². The van der Waals surface area contributed by atoms with Crippen LogP contribution in [-0.2, 0) is 20.1 Å². The van der Waals surface area contributed by atoms with Crippen LogP contribution in [0.25, 0.3) is 0 Å². The molecular weight excluding hydrogens is 208 g/mol. The number of nitrogens with one attached hydrogen (secondary N) is 1. The number of rotatable bonds is 4. The molecule has 0 bridgehead atoms. The maximum absolute atomic E-state index is 4.21. The van der Waals surface area contributed by atoms with Gasteiger partial charge >= 0.3 is 0 Å². The Morgan fingerprint density at radius 1 is 1.47 bits per heavy atom. The highest BCUT2D eigenvalue weighted by Gasteiger charge is 2.01. The van der Waals surface area contributed by atoms with Gasteiger partial charge in [-0.15, -0.1) is 11.3 Å². The van der Waals surface area contributed by atoms with Gasteiger partial charge in [-0.2, -0.15) is 5.10 Å². The van der Waals surface area contributed by atoms with Crippen molar-refractivity contribution in [2.45, 2.75) is 20.0 Å². The standard InChI is InChI=1S/C10H14N4S/c1-8-10(15-7-12-8)6-11-5-9-3-4-13-14(9)2/h3-4,7,11H,5-6H2,1-2H3. The average Bonchev–Trinajstić information content (AvgIpc) is 2.78. The topological polar surface area (TPSA) is 42.7 Å². The lowest BCUT2D eigenvalue weighted by atomic mass is 10.3. The lowest BCUT2D eigenvalue weighted by Gasteiger charge is -2.03. The molecule has 0 unspecified atom stereocenters. The van der Waals surface area contributed by atoms with Crippen LogP contribution in [0.2, 0.25) is 0 Å². The first-order valence-corrected chi connectivity index (χ1v) is 5.72. The van der Waals surface area contributed by atoms with Crippen LogP contribution in [0.4, 0.5) is 0 Å². The van der Waals surface area contributed by atoms with E-state index in [1.807, 2.05) is 36.4 Å². The number of aryl methyl sites for hydroxylation is 2. The summed E-state index contributed by atoms with van der Waals surface area (Å²) < 4.78 is 1.88. The summed E-state index contributed by atoms with van der Waals surface area (Å²) in [5.74, 6) is 0. The van der Waals surface area contributed by atoms with Crippen LogP contribution in [0.1, 0.15) is 16.3 Å². The predicted molar refractivity (Wildman–Crippen MR) is 60.6 cm³/mol. The Kier molecular flexibility index (Phi) is 3.13. The van der Waals surface area contributed by atoms with Crippen LogP contribution < -0.4 is 5.32 Å². The fourth-order valence-electron chi connectivity index (χ4n) is 1.37. The van der Waals surface area contributed by atoms with Gasteiger partial charge in [-0.05, 0) is 13.0 Å². The molecule has 0 aliphatic rings. The molecule has 2 aromatic heterocycles. The number of aromatic nitrogens is 3. The Morgan fingerprint density at radius 2 is 2.33 bits per heavy atom. The molecular formula is C10H14N4S. The fourth-order valence-corrected chi connectivity index (χ4v) is 2.12. The van der Waals surface area contributed by atoms with Gasteiger partial charge in [-0.3, -0.25) is 4.68 Å². The minimum atomic E-state index is 0.841. The molecule has 1 N–H and O–H groups in total. The summed E-state index contributed by atoms with van der Waals surface area (Å²) in [6, 6.07) is 2.02. The second-order valence-electron chi connectivity index (χ2n) is 3.41. The fraction of sp³-hybridized carbons (Fsp3) is 0.400. The summed E-state index contributed by atoms with van der Waals surface area (Å²) in [6.07, 6.45) is 1.81. The molecule has 0 aliphatic heterocycles. The molecule has 2 heterocycles. The van der Waals surface area contributed by atoms with E-state index in [1.54, 1.807) is 11.3 Å². The Morgan fingerprint density at radius 3 is 2.93 bits per heavy atom. The first-order chi connectivity index (χ1) is 7.27. The Bertz CT molecular complexity index is 392. The second-order valence-corrected chi connectivity index (χ2v) is 4.35. The van der Waals surface area contributed by atoms with Gasteiger partial charge in [0.1, 0.15) is 0 Å². The molecule has 0 fully saturated rings. The molecule has 2 aromatic rings. The van der Waals surface area contributed by atoms with Gasteiger partial charge in [-0.1, -0.05) is 0 Å². The number of thiazole rings is 1. The van der Waals surface area contributed by atoms with Gasteiger partial charge in [0.15, 0.2) is 0 Å². The van der Waals surface area contributed by atoms with Crippen molar-refractivity contribution in [3.05, 3.63) is 34.0 Å². The third-order valence-corrected chi connectivity index (χ3v) is 3.29. The lowest BCUT2D eigenvalue weighted by molar-refractivity contribution is 0.628. The molecule has 0 amide bonds. The van der Waals surface area contributed by atoms with E-state index in [9.17, 15) is 0 Å². The molecule has 0 aromatic carbocycles. The van der Waals surface area contributed by atoms with Crippen LogP contribution in [0.3, 0.4) is 0 Å². The summed E-state index contributed by atoms with van der Waals surface area (Å²) in [5.41, 5.74) is 4.20. The van der Waals surface area contributed by atoms with Crippen molar-refractivity contribution < 1.29 is 0 Å². The minimum absolute atomic E-state index is 0.841. The van der Waals surface area contributed by atoms with E-state index < -0.39 is 0 Å². The zero-order chi connectivity index (χ0) is 10.7. The summed E-state index contributed by atoms with van der Waals surface area (Å²) in [4.78, 5) is 5.51. The molecule has 0 spiro atoms. The first-order valence-electron chi connectivity index (χ1n) is 4.84. The Hall–Kier alpha value is -1.20. The molecule has 0 aliphatic carbocycles. The van der Waals surface area contributed by atoms with Crippen molar-refractivity contribution in [2.75, 3.05) is 0 Å². The summed E-state index contributed by atoms with van der Waals surface area (Å²) in [5, 5.41) is 7.50. The van der Waals surface area contributed by atoms with Crippen LogP contribution in [-0.4, -0.2) is 14.8 Å². The summed E-state index contributed by atoms with van der Waals surface area (Å²) in [6.45, 7) is 3.76. The third-order valence-electron chi connectivity index (χ3n) is 2.36. The Labute approximate surface area is 93.0 Å². The summed E-state index contributed by atoms with van der Waals surface area (Å²) >= 11 is 1.69. The van der Waals surface area contributed by atoms with Gasteiger partial charge < -0.3 is 5.32 Å². The van der Waals surface area contributed by atoms with Crippen LogP contribution in [0, 0.1) is 6.92 Å². The number of hydrogen-bond acceptors (Lipinski definition) is 4. The highest BCUT2D eigenvalue weighted by molar-refractivity contribution is 7.09. The average molecular weight is 222 g/mol. The molecule has 4 nitrogen and oxygen atoms in total. The van der Waals surface area contributed by atoms with Crippen molar-refractivity contribution in [3.8, 4) is 0 Å². The number of hydrogen-bond donors (Lipinski definition) is 1. The molecule has 80 valence electrons. The minimum Gasteiger partial charge on any atom is -0.306 e. The van der Waals surface area contributed by atoms with Gasteiger partial charge in [0, 0.05) is 31.2 Å². The molecule has 0 saturated heterocycles. The maximum atomic E-state index is 4.21. The molecule has 5 heteroatoms. The molecule has 0 radical (unpaired) electrons. The first kappa shape index (κ1) is 10.3. The molecule has 15 heavy (non-hydrogen) atoms. The monoisotopic (exact) mass is 222 g/mol. The SMILES string of the molecule is Cc1ncsc1CNCc1ccnn1C. The van der Waals surface area contributed by atoms with E-state index in [1.165, 1.54) is 10.6 Å². The van der Waals surface area contributed by atoms with Gasteiger partial charge in [-0.25, -0.2) is 4.98 Å². The van der Waals surface area contributed by atoms with Crippen LogP contribution >= 0.6 is 11.3 Å². The molecule has 2 rings (SSSR count). The molecule has 0 atom stereocenters. The van der Waals surface area contributed by atoms with Crippen molar-refractivity contribution >= 4 is 11.3 Å². The predicted octanol–water partition coefficient (Wildman–Crippen LogP) is 1.47. The summed E-state index contributed by atoms with van der Waals surface area (Å²) in [7, 11) is 1.95.